The molecule has 4 N–H and O–H groups in total. The maximum atomic E-state index is 14.9. The first-order valence-corrected chi connectivity index (χ1v) is 9.67. The predicted octanol–water partition coefficient (Wildman–Crippen LogP) is 2.64. The van der Waals surface area contributed by atoms with Crippen LogP contribution in [0.2, 0.25) is 0 Å². The van der Waals surface area contributed by atoms with E-state index >= 15 is 0 Å². The monoisotopic (exact) mass is 392 g/mol. The van der Waals surface area contributed by atoms with E-state index in [0.717, 1.165) is 31.8 Å². The van der Waals surface area contributed by atoms with Gasteiger partial charge in [-0.25, -0.2) is 14.9 Å². The van der Waals surface area contributed by atoms with E-state index in [1.165, 1.54) is 30.2 Å². The Labute approximate surface area is 164 Å². The lowest BCUT2D eigenvalue weighted by molar-refractivity contribution is -0.124. The second kappa shape index (κ2) is 10.2. The average molecular weight is 392 g/mol. The number of amides is 2. The molecule has 28 heavy (non-hydrogen) atoms. The highest BCUT2D eigenvalue weighted by Gasteiger charge is 2.32. The molecule has 0 unspecified atom stereocenters. The third-order valence-electron chi connectivity index (χ3n) is 5.09. The third-order valence-corrected chi connectivity index (χ3v) is 5.09. The molecule has 0 spiro atoms. The summed E-state index contributed by atoms with van der Waals surface area (Å²) in [6.07, 6.45) is 9.38. The molecule has 0 saturated heterocycles. The number of hydrogen-bond acceptors (Lipinski definition) is 5. The minimum Gasteiger partial charge on any atom is -0.368 e. The van der Waals surface area contributed by atoms with Gasteiger partial charge in [-0.1, -0.05) is 33.1 Å². The Bertz CT molecular complexity index is 717. The van der Waals surface area contributed by atoms with Crippen molar-refractivity contribution in [3.8, 4) is 0 Å². The molecule has 1 aromatic heterocycles. The Hall–Kier alpha value is -2.48. The lowest BCUT2D eigenvalue weighted by Gasteiger charge is -2.37. The number of pyridine rings is 1. The Morgan fingerprint density at radius 3 is 2.61 bits per heavy atom. The summed E-state index contributed by atoms with van der Waals surface area (Å²) < 4.78 is 14.9. The Morgan fingerprint density at radius 1 is 1.39 bits per heavy atom. The van der Waals surface area contributed by atoms with Crippen molar-refractivity contribution < 1.29 is 19.2 Å². The first-order chi connectivity index (χ1) is 13.3. The van der Waals surface area contributed by atoms with Gasteiger partial charge in [0.25, 0.3) is 5.91 Å². The van der Waals surface area contributed by atoms with Crippen molar-refractivity contribution in [2.45, 2.75) is 52.0 Å². The molecule has 1 heterocycles. The van der Waals surface area contributed by atoms with E-state index in [1.807, 2.05) is 13.8 Å². The van der Waals surface area contributed by atoms with Gasteiger partial charge in [0.15, 0.2) is 11.6 Å². The molecule has 1 aliphatic rings. The van der Waals surface area contributed by atoms with Gasteiger partial charge in [0.1, 0.15) is 6.04 Å². The zero-order chi connectivity index (χ0) is 20.7. The summed E-state index contributed by atoms with van der Waals surface area (Å²) in [6.45, 7) is 4.29. The second-order valence-corrected chi connectivity index (χ2v) is 7.63. The second-order valence-electron chi connectivity index (χ2n) is 7.63. The number of halogens is 1. The molecule has 1 saturated carbocycles. The topological polar surface area (TPSA) is 109 Å². The van der Waals surface area contributed by atoms with Crippen LogP contribution in [0.5, 0.6) is 0 Å². The fourth-order valence-corrected chi connectivity index (χ4v) is 3.78. The smallest absolute Gasteiger partial charge is 0.267 e. The standard InChI is InChI=1S/C20H29FN4O3/c1-13(2)18(19(22)27)25(12-14-6-4-3-5-7-14)20-16(21)10-15(11-23-20)8-9-17(26)24-28/h8-11,13-14,18,28H,3-7,12H2,1-2H3,(H2,22,27)(H,24,26)/b9-8+/t18-/m1/s1. The van der Waals surface area contributed by atoms with Crippen LogP contribution in [-0.2, 0) is 9.59 Å². The molecule has 0 aromatic carbocycles. The van der Waals surface area contributed by atoms with E-state index in [1.54, 1.807) is 4.90 Å². The molecular formula is C20H29FN4O3. The van der Waals surface area contributed by atoms with Crippen molar-refractivity contribution in [1.82, 2.24) is 10.5 Å². The van der Waals surface area contributed by atoms with Crippen LogP contribution in [0.4, 0.5) is 10.2 Å². The Kier molecular flexibility index (Phi) is 7.92. The minimum absolute atomic E-state index is 0.0897. The molecule has 1 aromatic rings. The van der Waals surface area contributed by atoms with Gasteiger partial charge in [-0.2, -0.15) is 0 Å². The quantitative estimate of drug-likeness (QED) is 0.358. The highest BCUT2D eigenvalue weighted by atomic mass is 19.1. The Balaban J connectivity index is 2.34. The van der Waals surface area contributed by atoms with Gasteiger partial charge in [-0.05, 0) is 42.4 Å². The number of primary amides is 1. The van der Waals surface area contributed by atoms with Crippen LogP contribution in [0.3, 0.4) is 0 Å². The van der Waals surface area contributed by atoms with Crippen molar-refractivity contribution in [2.24, 2.45) is 17.6 Å². The lowest BCUT2D eigenvalue weighted by Crippen LogP contribution is -2.50. The molecular weight excluding hydrogens is 363 g/mol. The van der Waals surface area contributed by atoms with Gasteiger partial charge in [0.2, 0.25) is 5.91 Å². The number of hydrogen-bond donors (Lipinski definition) is 3. The number of aromatic nitrogens is 1. The summed E-state index contributed by atoms with van der Waals surface area (Å²) >= 11 is 0. The molecule has 0 bridgehead atoms. The number of rotatable bonds is 8. The number of anilines is 1. The zero-order valence-corrected chi connectivity index (χ0v) is 16.4. The highest BCUT2D eigenvalue weighted by Crippen LogP contribution is 2.30. The van der Waals surface area contributed by atoms with Crippen molar-refractivity contribution >= 4 is 23.7 Å². The van der Waals surface area contributed by atoms with Crippen LogP contribution in [0.25, 0.3) is 6.08 Å². The van der Waals surface area contributed by atoms with Crippen LogP contribution in [0.15, 0.2) is 18.3 Å². The summed E-state index contributed by atoms with van der Waals surface area (Å²) in [6, 6.07) is 0.584. The first kappa shape index (κ1) is 21.8. The van der Waals surface area contributed by atoms with Crippen molar-refractivity contribution in [3.05, 3.63) is 29.7 Å². The van der Waals surface area contributed by atoms with E-state index in [2.05, 4.69) is 4.98 Å². The third kappa shape index (κ3) is 5.76. The molecule has 7 nitrogen and oxygen atoms in total. The van der Waals surface area contributed by atoms with Crippen LogP contribution < -0.4 is 16.1 Å². The highest BCUT2D eigenvalue weighted by molar-refractivity contribution is 5.90. The van der Waals surface area contributed by atoms with Gasteiger partial charge in [-0.3, -0.25) is 14.8 Å². The summed E-state index contributed by atoms with van der Waals surface area (Å²) in [5, 5.41) is 8.51. The van der Waals surface area contributed by atoms with E-state index < -0.39 is 23.7 Å². The summed E-state index contributed by atoms with van der Waals surface area (Å²) in [4.78, 5) is 29.2. The number of hydroxylamine groups is 1. The molecule has 8 heteroatoms. The van der Waals surface area contributed by atoms with Gasteiger partial charge in [-0.15, -0.1) is 0 Å². The first-order valence-electron chi connectivity index (χ1n) is 9.67. The van der Waals surface area contributed by atoms with Gasteiger partial charge in [0.05, 0.1) is 0 Å². The van der Waals surface area contributed by atoms with E-state index in [9.17, 15) is 14.0 Å². The van der Waals surface area contributed by atoms with Crippen molar-refractivity contribution in [3.63, 3.8) is 0 Å². The molecule has 0 radical (unpaired) electrons. The van der Waals surface area contributed by atoms with Crippen LogP contribution in [0.1, 0.15) is 51.5 Å². The number of nitrogens with one attached hydrogen (secondary N) is 1. The maximum Gasteiger partial charge on any atom is 0.267 e. The lowest BCUT2D eigenvalue weighted by atomic mass is 9.88. The fourth-order valence-electron chi connectivity index (χ4n) is 3.78. The number of nitrogens with zero attached hydrogens (tertiary/aromatic N) is 2. The summed E-state index contributed by atoms with van der Waals surface area (Å²) in [5.74, 6) is -1.47. The number of nitrogens with two attached hydrogens (primary N) is 1. The van der Waals surface area contributed by atoms with Gasteiger partial charge < -0.3 is 10.6 Å². The van der Waals surface area contributed by atoms with Crippen LogP contribution in [0, 0.1) is 17.7 Å². The Morgan fingerprint density at radius 2 is 2.07 bits per heavy atom. The van der Waals surface area contributed by atoms with Crippen molar-refractivity contribution in [1.29, 1.82) is 0 Å². The number of carbonyl (C=O) groups is 2. The molecule has 154 valence electrons. The zero-order valence-electron chi connectivity index (χ0n) is 16.4. The normalized spacial score (nSPS) is 16.3. The van der Waals surface area contributed by atoms with E-state index in [-0.39, 0.29) is 11.7 Å². The van der Waals surface area contributed by atoms with Gasteiger partial charge >= 0.3 is 0 Å². The molecule has 1 fully saturated rings. The molecule has 2 rings (SSSR count). The number of carbonyl (C=O) groups excluding carboxylic acids is 2. The molecule has 1 aliphatic carbocycles. The van der Waals surface area contributed by atoms with Gasteiger partial charge in [0, 0.05) is 18.8 Å². The molecule has 0 aliphatic heterocycles. The largest absolute Gasteiger partial charge is 0.368 e. The van der Waals surface area contributed by atoms with Crippen molar-refractivity contribution in [2.75, 3.05) is 11.4 Å². The summed E-state index contributed by atoms with van der Waals surface area (Å²) in [7, 11) is 0. The maximum absolute atomic E-state index is 14.9. The minimum atomic E-state index is -0.725. The van der Waals surface area contributed by atoms with Crippen LogP contribution >= 0.6 is 0 Å². The van der Waals surface area contributed by atoms with Crippen LogP contribution in [-0.4, -0.2) is 34.6 Å². The predicted molar refractivity (Wildman–Crippen MR) is 105 cm³/mol. The molecule has 1 atom stereocenters. The van der Waals surface area contributed by atoms with E-state index in [0.29, 0.717) is 18.0 Å². The fraction of sp³-hybridized carbons (Fsp3) is 0.550. The molecule has 2 amide bonds. The SMILES string of the molecule is CC(C)[C@H](C(N)=O)N(CC1CCCCC1)c1ncc(/C=C/C(=O)NO)cc1F. The van der Waals surface area contributed by atoms with E-state index in [4.69, 9.17) is 10.9 Å². The average Bonchev–Trinajstić information content (AvgIpc) is 2.66. The summed E-state index contributed by atoms with van der Waals surface area (Å²) in [5.41, 5.74) is 7.48.